The molecule has 0 radical (unpaired) electrons. The van der Waals surface area contributed by atoms with Crippen LogP contribution in [0.5, 0.6) is 0 Å². The van der Waals surface area contributed by atoms with Gasteiger partial charge in [0.25, 0.3) is 0 Å². The fourth-order valence-electron chi connectivity index (χ4n) is 1.41. The minimum atomic E-state index is 0.145. The molecule has 3 heteroatoms. The van der Waals surface area contributed by atoms with Crippen molar-refractivity contribution in [3.05, 3.63) is 0 Å². The molecule has 0 aliphatic carbocycles. The monoisotopic (exact) mass is 240 g/mol. The molecular formula is C6H9IO2. The van der Waals surface area contributed by atoms with Crippen molar-refractivity contribution in [3.63, 3.8) is 0 Å². The highest BCUT2D eigenvalue weighted by Gasteiger charge is 2.39. The second-order valence-electron chi connectivity index (χ2n) is 2.54. The summed E-state index contributed by atoms with van der Waals surface area (Å²) in [5, 5.41) is 0. The Morgan fingerprint density at radius 1 is 1.33 bits per heavy atom. The lowest BCUT2D eigenvalue weighted by Crippen LogP contribution is -2.13. The maximum absolute atomic E-state index is 5.36. The molecule has 2 saturated heterocycles. The number of hydrogen-bond acceptors (Lipinski definition) is 2. The maximum atomic E-state index is 5.36. The van der Waals surface area contributed by atoms with E-state index >= 15 is 0 Å². The summed E-state index contributed by atoms with van der Waals surface area (Å²) in [4.78, 5) is 0. The van der Waals surface area contributed by atoms with Crippen LogP contribution in [0.3, 0.4) is 0 Å². The minimum Gasteiger partial charge on any atom is -0.352 e. The van der Waals surface area contributed by atoms with Crippen LogP contribution < -0.4 is 0 Å². The normalized spacial score (nSPS) is 49.7. The molecule has 2 aliphatic heterocycles. The molecule has 3 atom stereocenters. The zero-order chi connectivity index (χ0) is 6.27. The van der Waals surface area contributed by atoms with Crippen molar-refractivity contribution < 1.29 is 9.47 Å². The van der Waals surface area contributed by atoms with Gasteiger partial charge in [0.15, 0.2) is 6.29 Å². The van der Waals surface area contributed by atoms with Crippen LogP contribution >= 0.6 is 22.6 Å². The van der Waals surface area contributed by atoms with Crippen LogP contribution in [0, 0.1) is 5.92 Å². The fourth-order valence-corrected chi connectivity index (χ4v) is 2.32. The van der Waals surface area contributed by atoms with Crippen molar-refractivity contribution in [3.8, 4) is 0 Å². The van der Waals surface area contributed by atoms with E-state index in [-0.39, 0.29) is 6.29 Å². The highest BCUT2D eigenvalue weighted by atomic mass is 127. The summed E-state index contributed by atoms with van der Waals surface area (Å²) in [5.74, 6) is 0.686. The van der Waals surface area contributed by atoms with Crippen molar-refractivity contribution in [2.75, 3.05) is 13.2 Å². The maximum Gasteiger partial charge on any atom is 0.161 e. The summed E-state index contributed by atoms with van der Waals surface area (Å²) in [6, 6.07) is 0. The number of halogens is 1. The van der Waals surface area contributed by atoms with E-state index in [0.717, 1.165) is 13.2 Å². The topological polar surface area (TPSA) is 18.5 Å². The van der Waals surface area contributed by atoms with Crippen molar-refractivity contribution >= 4 is 22.6 Å². The number of alkyl halides is 1. The molecule has 2 nitrogen and oxygen atoms in total. The lowest BCUT2D eigenvalue weighted by molar-refractivity contribution is -0.0904. The lowest BCUT2D eigenvalue weighted by Gasteiger charge is -2.06. The van der Waals surface area contributed by atoms with Crippen LogP contribution in [0.25, 0.3) is 0 Å². The summed E-state index contributed by atoms with van der Waals surface area (Å²) >= 11 is 2.44. The number of rotatable bonds is 0. The summed E-state index contributed by atoms with van der Waals surface area (Å²) in [5.41, 5.74) is 0. The zero-order valence-electron chi connectivity index (χ0n) is 5.05. The Hall–Kier alpha value is 0.650. The Labute approximate surface area is 68.0 Å². The molecule has 0 amide bonds. The Morgan fingerprint density at radius 3 is 3.00 bits per heavy atom. The van der Waals surface area contributed by atoms with E-state index in [9.17, 15) is 0 Å². The van der Waals surface area contributed by atoms with Crippen LogP contribution in [0.15, 0.2) is 0 Å². The van der Waals surface area contributed by atoms with Crippen molar-refractivity contribution in [2.45, 2.75) is 16.6 Å². The fraction of sp³-hybridized carbons (Fsp3) is 1.00. The molecule has 2 fully saturated rings. The molecule has 0 bridgehead atoms. The van der Waals surface area contributed by atoms with Gasteiger partial charge in [-0.15, -0.1) is 0 Å². The quantitative estimate of drug-likeness (QED) is 0.467. The molecule has 52 valence electrons. The summed E-state index contributed by atoms with van der Waals surface area (Å²) in [6.45, 7) is 1.78. The van der Waals surface area contributed by atoms with Gasteiger partial charge in [-0.2, -0.15) is 0 Å². The summed E-state index contributed by atoms with van der Waals surface area (Å²) in [7, 11) is 0. The van der Waals surface area contributed by atoms with Crippen LogP contribution in [-0.4, -0.2) is 23.4 Å². The molecule has 2 heterocycles. The zero-order valence-corrected chi connectivity index (χ0v) is 7.21. The van der Waals surface area contributed by atoms with Gasteiger partial charge in [-0.1, -0.05) is 22.6 Å². The predicted molar refractivity (Wildman–Crippen MR) is 41.6 cm³/mol. The third kappa shape index (κ3) is 0.991. The first-order valence-electron chi connectivity index (χ1n) is 3.25. The van der Waals surface area contributed by atoms with Gasteiger partial charge in [0.05, 0.1) is 13.2 Å². The third-order valence-electron chi connectivity index (χ3n) is 1.97. The Bertz CT molecular complexity index is 118. The molecule has 0 aromatic rings. The number of fused-ring (bicyclic) bond motifs is 1. The predicted octanol–water partition coefficient (Wildman–Crippen LogP) is 1.18. The first-order chi connectivity index (χ1) is 4.38. The van der Waals surface area contributed by atoms with Gasteiger partial charge in [0.1, 0.15) is 0 Å². The number of ether oxygens (including phenoxy) is 2. The van der Waals surface area contributed by atoms with E-state index in [1.165, 1.54) is 6.42 Å². The first-order valence-corrected chi connectivity index (χ1v) is 4.50. The average Bonchev–Trinajstić information content (AvgIpc) is 2.35. The van der Waals surface area contributed by atoms with E-state index in [2.05, 4.69) is 22.6 Å². The summed E-state index contributed by atoms with van der Waals surface area (Å²) < 4.78 is 11.4. The molecule has 9 heavy (non-hydrogen) atoms. The van der Waals surface area contributed by atoms with E-state index in [1.54, 1.807) is 0 Å². The van der Waals surface area contributed by atoms with E-state index in [0.29, 0.717) is 9.84 Å². The first kappa shape index (κ1) is 6.37. The summed E-state index contributed by atoms with van der Waals surface area (Å²) in [6.07, 6.45) is 1.34. The van der Waals surface area contributed by atoms with Crippen LogP contribution in [0.2, 0.25) is 0 Å². The Morgan fingerprint density at radius 2 is 2.22 bits per heavy atom. The molecular weight excluding hydrogens is 231 g/mol. The standard InChI is InChI=1S/C6H9IO2/c7-5-3-9-6-4(5)1-2-8-6/h4-6H,1-3H2/t4-,5?,6-/m1/s1. The van der Waals surface area contributed by atoms with Gasteiger partial charge in [-0.3, -0.25) is 0 Å². The van der Waals surface area contributed by atoms with E-state index in [4.69, 9.17) is 9.47 Å². The molecule has 0 N–H and O–H groups in total. The average molecular weight is 240 g/mol. The second kappa shape index (κ2) is 2.36. The van der Waals surface area contributed by atoms with Crippen LogP contribution in [0.4, 0.5) is 0 Å². The largest absolute Gasteiger partial charge is 0.352 e. The van der Waals surface area contributed by atoms with E-state index in [1.807, 2.05) is 0 Å². The SMILES string of the molecule is IC1CO[C@H]2OCC[C@H]12. The van der Waals surface area contributed by atoms with Crippen molar-refractivity contribution in [1.82, 2.24) is 0 Å². The smallest absolute Gasteiger partial charge is 0.161 e. The van der Waals surface area contributed by atoms with Gasteiger partial charge in [-0.25, -0.2) is 0 Å². The van der Waals surface area contributed by atoms with E-state index < -0.39 is 0 Å². The molecule has 0 spiro atoms. The van der Waals surface area contributed by atoms with Crippen molar-refractivity contribution in [1.29, 1.82) is 0 Å². The molecule has 0 aromatic heterocycles. The highest BCUT2D eigenvalue weighted by molar-refractivity contribution is 14.1. The third-order valence-corrected chi connectivity index (χ3v) is 3.25. The highest BCUT2D eigenvalue weighted by Crippen LogP contribution is 2.35. The van der Waals surface area contributed by atoms with Crippen LogP contribution in [0.1, 0.15) is 6.42 Å². The second-order valence-corrected chi connectivity index (χ2v) is 4.14. The van der Waals surface area contributed by atoms with Gasteiger partial charge in [-0.05, 0) is 6.42 Å². The van der Waals surface area contributed by atoms with Gasteiger partial charge in [0, 0.05) is 9.84 Å². The Kier molecular flexibility index (Phi) is 1.67. The molecule has 0 aromatic carbocycles. The van der Waals surface area contributed by atoms with Gasteiger partial charge >= 0.3 is 0 Å². The minimum absolute atomic E-state index is 0.145. The molecule has 1 unspecified atom stereocenters. The van der Waals surface area contributed by atoms with Crippen molar-refractivity contribution in [2.24, 2.45) is 5.92 Å². The molecule has 0 saturated carbocycles. The lowest BCUT2D eigenvalue weighted by atomic mass is 10.1. The number of hydrogen-bond donors (Lipinski definition) is 0. The Balaban J connectivity index is 2.07. The molecule has 2 aliphatic rings. The van der Waals surface area contributed by atoms with Gasteiger partial charge in [0.2, 0.25) is 0 Å². The molecule has 2 rings (SSSR count). The van der Waals surface area contributed by atoms with Crippen LogP contribution in [-0.2, 0) is 9.47 Å². The van der Waals surface area contributed by atoms with Gasteiger partial charge < -0.3 is 9.47 Å².